The van der Waals surface area contributed by atoms with Crippen molar-refractivity contribution in [2.75, 3.05) is 38.7 Å². The smallest absolute Gasteiger partial charge is 0.147 e. The van der Waals surface area contributed by atoms with E-state index in [1.807, 2.05) is 19.2 Å². The van der Waals surface area contributed by atoms with Gasteiger partial charge in [0.1, 0.15) is 18.2 Å². The molecule has 0 radical (unpaired) electrons. The molecule has 6 nitrogen and oxygen atoms in total. The lowest BCUT2D eigenvalue weighted by Crippen LogP contribution is -2.36. The average molecular weight is 356 g/mol. The molecule has 1 unspecified atom stereocenters. The van der Waals surface area contributed by atoms with Crippen LogP contribution in [0.3, 0.4) is 0 Å². The van der Waals surface area contributed by atoms with Crippen LogP contribution in [0.4, 0.5) is 5.82 Å². The Morgan fingerprint density at radius 1 is 1.31 bits per heavy atom. The van der Waals surface area contributed by atoms with E-state index < -0.39 is 0 Å². The van der Waals surface area contributed by atoms with Gasteiger partial charge in [0, 0.05) is 32.5 Å². The number of nitrogens with zero attached hydrogens (tertiary/aromatic N) is 3. The van der Waals surface area contributed by atoms with Gasteiger partial charge in [-0.3, -0.25) is 9.88 Å². The standard InChI is InChI=1S/C20H28N4O2/c1-21-20-19(22-7-8-23-20)13-17-5-3-9-24(15-17)14-16-4-2-6-18(12-16)26-11-10-25/h2,4,6-8,12,17,25H,3,5,9-11,13-15H2,1H3,(H,21,23). The van der Waals surface area contributed by atoms with Crippen LogP contribution < -0.4 is 10.1 Å². The lowest BCUT2D eigenvalue weighted by Gasteiger charge is -2.33. The van der Waals surface area contributed by atoms with E-state index in [-0.39, 0.29) is 6.61 Å². The first-order valence-corrected chi connectivity index (χ1v) is 9.31. The molecule has 1 aromatic carbocycles. The van der Waals surface area contributed by atoms with Gasteiger partial charge in [-0.2, -0.15) is 0 Å². The van der Waals surface area contributed by atoms with Crippen molar-refractivity contribution in [1.82, 2.24) is 14.9 Å². The minimum absolute atomic E-state index is 0.0367. The van der Waals surface area contributed by atoms with E-state index in [0.717, 1.165) is 43.3 Å². The second-order valence-electron chi connectivity index (χ2n) is 6.77. The predicted molar refractivity (Wildman–Crippen MR) is 102 cm³/mol. The van der Waals surface area contributed by atoms with E-state index >= 15 is 0 Å². The molecule has 1 aliphatic heterocycles. The van der Waals surface area contributed by atoms with Crippen LogP contribution in [-0.4, -0.2) is 53.3 Å². The number of aliphatic hydroxyl groups is 1. The van der Waals surface area contributed by atoms with Crippen LogP contribution in [0.15, 0.2) is 36.7 Å². The maximum Gasteiger partial charge on any atom is 0.147 e. The van der Waals surface area contributed by atoms with Crippen molar-refractivity contribution < 1.29 is 9.84 Å². The van der Waals surface area contributed by atoms with Crippen molar-refractivity contribution in [3.63, 3.8) is 0 Å². The molecular weight excluding hydrogens is 328 g/mol. The molecule has 0 spiro atoms. The van der Waals surface area contributed by atoms with Crippen molar-refractivity contribution in [1.29, 1.82) is 0 Å². The topological polar surface area (TPSA) is 70.5 Å². The van der Waals surface area contributed by atoms with Gasteiger partial charge in [-0.1, -0.05) is 12.1 Å². The summed E-state index contributed by atoms with van der Waals surface area (Å²) in [5, 5.41) is 12.0. The van der Waals surface area contributed by atoms with Crippen molar-refractivity contribution in [3.05, 3.63) is 47.9 Å². The zero-order valence-electron chi connectivity index (χ0n) is 15.4. The first-order valence-electron chi connectivity index (χ1n) is 9.31. The van der Waals surface area contributed by atoms with E-state index in [4.69, 9.17) is 9.84 Å². The molecule has 0 bridgehead atoms. The van der Waals surface area contributed by atoms with Crippen LogP contribution in [-0.2, 0) is 13.0 Å². The molecule has 1 aromatic heterocycles. The number of ether oxygens (including phenoxy) is 1. The first kappa shape index (κ1) is 18.6. The summed E-state index contributed by atoms with van der Waals surface area (Å²) in [6.07, 6.45) is 6.90. The van der Waals surface area contributed by atoms with Crippen molar-refractivity contribution in [2.45, 2.75) is 25.8 Å². The maximum absolute atomic E-state index is 8.90. The number of anilines is 1. The van der Waals surface area contributed by atoms with Crippen LogP contribution in [0, 0.1) is 5.92 Å². The fraction of sp³-hybridized carbons (Fsp3) is 0.500. The molecule has 1 saturated heterocycles. The fourth-order valence-electron chi connectivity index (χ4n) is 3.62. The lowest BCUT2D eigenvalue weighted by molar-refractivity contribution is 0.166. The molecule has 140 valence electrons. The molecule has 0 saturated carbocycles. The van der Waals surface area contributed by atoms with Crippen molar-refractivity contribution in [2.24, 2.45) is 5.92 Å². The SMILES string of the molecule is CNc1nccnc1CC1CCCN(Cc2cccc(OCCO)c2)C1. The summed E-state index contributed by atoms with van der Waals surface area (Å²) in [6, 6.07) is 8.16. The number of aliphatic hydroxyl groups excluding tert-OH is 1. The van der Waals surface area contributed by atoms with Crippen molar-refractivity contribution in [3.8, 4) is 5.75 Å². The zero-order valence-corrected chi connectivity index (χ0v) is 15.4. The highest BCUT2D eigenvalue weighted by Crippen LogP contribution is 2.24. The fourth-order valence-corrected chi connectivity index (χ4v) is 3.62. The molecule has 2 aromatic rings. The number of hydrogen-bond donors (Lipinski definition) is 2. The highest BCUT2D eigenvalue weighted by Gasteiger charge is 2.22. The third-order valence-electron chi connectivity index (χ3n) is 4.76. The van der Waals surface area contributed by atoms with E-state index in [1.165, 1.54) is 18.4 Å². The Balaban J connectivity index is 1.58. The summed E-state index contributed by atoms with van der Waals surface area (Å²) in [5.74, 6) is 2.31. The van der Waals surface area contributed by atoms with Crippen LogP contribution >= 0.6 is 0 Å². The molecule has 26 heavy (non-hydrogen) atoms. The van der Waals surface area contributed by atoms with E-state index in [0.29, 0.717) is 12.5 Å². The summed E-state index contributed by atoms with van der Waals surface area (Å²) in [5.41, 5.74) is 2.30. The third-order valence-corrected chi connectivity index (χ3v) is 4.76. The normalized spacial score (nSPS) is 17.8. The Kier molecular flexibility index (Phi) is 6.80. The molecule has 1 aliphatic rings. The molecular formula is C20H28N4O2. The van der Waals surface area contributed by atoms with Gasteiger partial charge in [0.05, 0.1) is 12.3 Å². The molecule has 2 heterocycles. The van der Waals surface area contributed by atoms with Crippen LogP contribution in [0.25, 0.3) is 0 Å². The Morgan fingerprint density at radius 2 is 2.19 bits per heavy atom. The Morgan fingerprint density at radius 3 is 3.04 bits per heavy atom. The lowest BCUT2D eigenvalue weighted by atomic mass is 9.93. The van der Waals surface area contributed by atoms with Crippen LogP contribution in [0.1, 0.15) is 24.1 Å². The Labute approximate surface area is 155 Å². The summed E-state index contributed by atoms with van der Waals surface area (Å²) in [6.45, 7) is 3.49. The van der Waals surface area contributed by atoms with Gasteiger partial charge in [-0.15, -0.1) is 0 Å². The number of aromatic nitrogens is 2. The number of likely N-dealkylation sites (tertiary alicyclic amines) is 1. The molecule has 1 fully saturated rings. The number of hydrogen-bond acceptors (Lipinski definition) is 6. The second kappa shape index (κ2) is 9.50. The average Bonchev–Trinajstić information content (AvgIpc) is 2.67. The Bertz CT molecular complexity index is 695. The third kappa shape index (κ3) is 5.16. The Hall–Kier alpha value is -2.18. The molecule has 3 rings (SSSR count). The second-order valence-corrected chi connectivity index (χ2v) is 6.77. The van der Waals surface area contributed by atoms with Crippen molar-refractivity contribution >= 4 is 5.82 Å². The molecule has 1 atom stereocenters. The van der Waals surface area contributed by atoms with E-state index in [2.05, 4.69) is 32.3 Å². The van der Waals surface area contributed by atoms with E-state index in [9.17, 15) is 0 Å². The minimum atomic E-state index is 0.0367. The van der Waals surface area contributed by atoms with Crippen LogP contribution in [0.2, 0.25) is 0 Å². The summed E-state index contributed by atoms with van der Waals surface area (Å²) < 4.78 is 5.52. The van der Waals surface area contributed by atoms with Gasteiger partial charge >= 0.3 is 0 Å². The zero-order chi connectivity index (χ0) is 18.2. The highest BCUT2D eigenvalue weighted by molar-refractivity contribution is 5.38. The van der Waals surface area contributed by atoms with E-state index in [1.54, 1.807) is 12.4 Å². The number of benzene rings is 1. The van der Waals surface area contributed by atoms with Crippen LogP contribution in [0.5, 0.6) is 5.75 Å². The molecule has 6 heteroatoms. The number of piperidine rings is 1. The first-order chi connectivity index (χ1) is 12.8. The molecule has 0 aliphatic carbocycles. The number of nitrogens with one attached hydrogen (secondary N) is 1. The van der Waals surface area contributed by atoms with Gasteiger partial charge < -0.3 is 15.2 Å². The maximum atomic E-state index is 8.90. The summed E-state index contributed by atoms with van der Waals surface area (Å²) in [4.78, 5) is 11.4. The van der Waals surface area contributed by atoms with Gasteiger partial charge in [-0.25, -0.2) is 4.98 Å². The number of rotatable bonds is 8. The highest BCUT2D eigenvalue weighted by atomic mass is 16.5. The molecule has 2 N–H and O–H groups in total. The summed E-state index contributed by atoms with van der Waals surface area (Å²) in [7, 11) is 1.90. The van der Waals surface area contributed by atoms with Gasteiger partial charge in [0.25, 0.3) is 0 Å². The monoisotopic (exact) mass is 356 g/mol. The quantitative estimate of drug-likeness (QED) is 0.757. The molecule has 0 amide bonds. The van der Waals surface area contributed by atoms with Gasteiger partial charge in [0.15, 0.2) is 0 Å². The predicted octanol–water partition coefficient (Wildman–Crippen LogP) is 2.34. The van der Waals surface area contributed by atoms with Gasteiger partial charge in [0.2, 0.25) is 0 Å². The minimum Gasteiger partial charge on any atom is -0.491 e. The summed E-state index contributed by atoms with van der Waals surface area (Å²) >= 11 is 0. The largest absolute Gasteiger partial charge is 0.491 e. The van der Waals surface area contributed by atoms with Gasteiger partial charge in [-0.05, 0) is 49.4 Å².